The lowest BCUT2D eigenvalue weighted by atomic mass is 9.92. The minimum absolute atomic E-state index is 0.244. The van der Waals surface area contributed by atoms with Crippen molar-refractivity contribution in [3.05, 3.63) is 35.5 Å². The van der Waals surface area contributed by atoms with Gasteiger partial charge in [-0.1, -0.05) is 31.0 Å². The topological polar surface area (TPSA) is 76.0 Å². The van der Waals surface area contributed by atoms with E-state index >= 15 is 0 Å². The van der Waals surface area contributed by atoms with Crippen LogP contribution in [0.3, 0.4) is 0 Å². The standard InChI is InChI=1S/C15H16N2O2/c16-15(19)14-13(10(8-18)7-9-5-6-9)11-3-1-2-4-12(11)17-14/h1-4,8-10,17H,5-7H2,(H2,16,19). The minimum atomic E-state index is -0.506. The number of hydrogen-bond acceptors (Lipinski definition) is 2. The van der Waals surface area contributed by atoms with Crippen LogP contribution in [0.4, 0.5) is 0 Å². The van der Waals surface area contributed by atoms with E-state index in [1.165, 1.54) is 12.8 Å². The van der Waals surface area contributed by atoms with Crippen molar-refractivity contribution in [3.8, 4) is 0 Å². The molecule has 1 heterocycles. The monoisotopic (exact) mass is 256 g/mol. The highest BCUT2D eigenvalue weighted by molar-refractivity contribution is 6.02. The number of benzene rings is 1. The summed E-state index contributed by atoms with van der Waals surface area (Å²) in [6.07, 6.45) is 4.11. The molecule has 1 amide bonds. The molecule has 0 bridgehead atoms. The summed E-state index contributed by atoms with van der Waals surface area (Å²) in [4.78, 5) is 26.0. The van der Waals surface area contributed by atoms with Gasteiger partial charge in [-0.3, -0.25) is 4.79 Å². The third-order valence-electron chi connectivity index (χ3n) is 3.81. The number of nitrogens with one attached hydrogen (secondary N) is 1. The molecule has 1 fully saturated rings. The quantitative estimate of drug-likeness (QED) is 0.806. The Balaban J connectivity index is 2.14. The van der Waals surface area contributed by atoms with E-state index in [0.29, 0.717) is 11.6 Å². The van der Waals surface area contributed by atoms with E-state index in [1.807, 2.05) is 24.3 Å². The molecule has 4 heteroatoms. The summed E-state index contributed by atoms with van der Waals surface area (Å²) >= 11 is 0. The number of amides is 1. The zero-order chi connectivity index (χ0) is 13.4. The summed E-state index contributed by atoms with van der Waals surface area (Å²) in [7, 11) is 0. The molecule has 3 N–H and O–H groups in total. The average Bonchev–Trinajstić information content (AvgIpc) is 3.14. The third-order valence-corrected chi connectivity index (χ3v) is 3.81. The Labute approximate surface area is 111 Å². The smallest absolute Gasteiger partial charge is 0.265 e. The van der Waals surface area contributed by atoms with E-state index < -0.39 is 5.91 Å². The molecular formula is C15H16N2O2. The van der Waals surface area contributed by atoms with Crippen LogP contribution in [-0.2, 0) is 4.79 Å². The van der Waals surface area contributed by atoms with Crippen molar-refractivity contribution in [2.24, 2.45) is 11.7 Å². The van der Waals surface area contributed by atoms with Gasteiger partial charge < -0.3 is 15.5 Å². The first-order chi connectivity index (χ1) is 9.20. The number of H-pyrrole nitrogens is 1. The van der Waals surface area contributed by atoms with Gasteiger partial charge in [0.25, 0.3) is 5.91 Å². The fraction of sp³-hybridized carbons (Fsp3) is 0.333. The molecule has 0 radical (unpaired) electrons. The van der Waals surface area contributed by atoms with Crippen LogP contribution >= 0.6 is 0 Å². The summed E-state index contributed by atoms with van der Waals surface area (Å²) < 4.78 is 0. The summed E-state index contributed by atoms with van der Waals surface area (Å²) in [6.45, 7) is 0. The predicted molar refractivity (Wildman–Crippen MR) is 73.0 cm³/mol. The van der Waals surface area contributed by atoms with E-state index in [1.54, 1.807) is 0 Å². The number of aromatic nitrogens is 1. The van der Waals surface area contributed by atoms with Crippen LogP contribution < -0.4 is 5.73 Å². The summed E-state index contributed by atoms with van der Waals surface area (Å²) in [5.41, 5.74) is 7.43. The highest BCUT2D eigenvalue weighted by Gasteiger charge is 2.30. The van der Waals surface area contributed by atoms with Crippen LogP contribution in [0.25, 0.3) is 10.9 Å². The van der Waals surface area contributed by atoms with Gasteiger partial charge in [0.15, 0.2) is 0 Å². The number of carbonyl (C=O) groups excluding carboxylic acids is 2. The second kappa shape index (κ2) is 4.53. The molecule has 3 rings (SSSR count). The zero-order valence-electron chi connectivity index (χ0n) is 10.6. The second-order valence-corrected chi connectivity index (χ2v) is 5.25. The van der Waals surface area contributed by atoms with Gasteiger partial charge in [-0.2, -0.15) is 0 Å². The number of carbonyl (C=O) groups is 2. The molecule has 1 saturated carbocycles. The van der Waals surface area contributed by atoms with Crippen LogP contribution in [0, 0.1) is 5.92 Å². The highest BCUT2D eigenvalue weighted by atomic mass is 16.1. The first kappa shape index (κ1) is 12.0. The molecule has 1 unspecified atom stereocenters. The van der Waals surface area contributed by atoms with Gasteiger partial charge >= 0.3 is 0 Å². The fourth-order valence-electron chi connectivity index (χ4n) is 2.70. The number of hydrogen-bond donors (Lipinski definition) is 2. The van der Waals surface area contributed by atoms with Crippen molar-refractivity contribution in [3.63, 3.8) is 0 Å². The molecule has 1 aliphatic rings. The molecule has 0 aliphatic heterocycles. The molecule has 19 heavy (non-hydrogen) atoms. The Morgan fingerprint density at radius 3 is 2.79 bits per heavy atom. The van der Waals surface area contributed by atoms with Crippen LogP contribution in [0.5, 0.6) is 0 Å². The Hall–Kier alpha value is -2.10. The number of aromatic amines is 1. The third kappa shape index (κ3) is 2.14. The molecule has 0 saturated heterocycles. The van der Waals surface area contributed by atoms with Gasteiger partial charge in [-0.25, -0.2) is 0 Å². The summed E-state index contributed by atoms with van der Waals surface area (Å²) in [5.74, 6) is -0.135. The fourth-order valence-corrected chi connectivity index (χ4v) is 2.70. The maximum Gasteiger partial charge on any atom is 0.265 e. The normalized spacial score (nSPS) is 16.4. The van der Waals surface area contributed by atoms with E-state index in [2.05, 4.69) is 4.98 Å². The number of fused-ring (bicyclic) bond motifs is 1. The van der Waals surface area contributed by atoms with Crippen molar-refractivity contribution in [1.82, 2.24) is 4.98 Å². The highest BCUT2D eigenvalue weighted by Crippen LogP contribution is 2.40. The lowest BCUT2D eigenvalue weighted by molar-refractivity contribution is -0.109. The molecule has 2 aromatic rings. The van der Waals surface area contributed by atoms with Gasteiger partial charge in [0.05, 0.1) is 0 Å². The van der Waals surface area contributed by atoms with E-state index in [9.17, 15) is 9.59 Å². The molecule has 0 spiro atoms. The maximum absolute atomic E-state index is 11.6. The van der Waals surface area contributed by atoms with E-state index in [-0.39, 0.29) is 5.92 Å². The number of primary amides is 1. The number of nitrogens with two attached hydrogens (primary N) is 1. The average molecular weight is 256 g/mol. The molecule has 1 atom stereocenters. The van der Waals surface area contributed by atoms with Crippen molar-refractivity contribution >= 4 is 23.1 Å². The second-order valence-electron chi connectivity index (χ2n) is 5.25. The molecule has 1 aromatic heterocycles. The van der Waals surface area contributed by atoms with Crippen LogP contribution in [0.1, 0.15) is 41.2 Å². The van der Waals surface area contributed by atoms with Crippen molar-refractivity contribution < 1.29 is 9.59 Å². The minimum Gasteiger partial charge on any atom is -0.364 e. The van der Waals surface area contributed by atoms with Crippen molar-refractivity contribution in [2.75, 3.05) is 0 Å². The van der Waals surface area contributed by atoms with Gasteiger partial charge in [-0.15, -0.1) is 0 Å². The Morgan fingerprint density at radius 2 is 2.16 bits per heavy atom. The van der Waals surface area contributed by atoms with Gasteiger partial charge in [0.1, 0.15) is 12.0 Å². The van der Waals surface area contributed by atoms with Crippen LogP contribution in [0.15, 0.2) is 24.3 Å². The van der Waals surface area contributed by atoms with Crippen LogP contribution in [0.2, 0.25) is 0 Å². The molecule has 4 nitrogen and oxygen atoms in total. The van der Waals surface area contributed by atoms with Gasteiger partial charge in [0.2, 0.25) is 0 Å². The molecule has 98 valence electrons. The number of rotatable bonds is 5. The SMILES string of the molecule is NC(=O)c1[nH]c2ccccc2c1C(C=O)CC1CC1. The first-order valence-electron chi connectivity index (χ1n) is 6.56. The van der Waals surface area contributed by atoms with Gasteiger partial charge in [0, 0.05) is 22.4 Å². The first-order valence-corrected chi connectivity index (χ1v) is 6.56. The number of aldehydes is 1. The lowest BCUT2D eigenvalue weighted by Gasteiger charge is -2.10. The summed E-state index contributed by atoms with van der Waals surface area (Å²) in [6, 6.07) is 7.62. The lowest BCUT2D eigenvalue weighted by Crippen LogP contribution is -2.16. The largest absolute Gasteiger partial charge is 0.364 e. The van der Waals surface area contributed by atoms with Crippen molar-refractivity contribution in [1.29, 1.82) is 0 Å². The Kier molecular flexibility index (Phi) is 2.85. The molecule has 1 aromatic carbocycles. The van der Waals surface area contributed by atoms with E-state index in [4.69, 9.17) is 5.73 Å². The van der Waals surface area contributed by atoms with Gasteiger partial charge in [-0.05, 0) is 18.4 Å². The molecule has 1 aliphatic carbocycles. The van der Waals surface area contributed by atoms with Crippen molar-refractivity contribution in [2.45, 2.75) is 25.2 Å². The number of para-hydroxylation sites is 1. The molecular weight excluding hydrogens is 240 g/mol. The Bertz CT molecular complexity index is 641. The Morgan fingerprint density at radius 1 is 1.42 bits per heavy atom. The van der Waals surface area contributed by atoms with E-state index in [0.717, 1.165) is 29.2 Å². The zero-order valence-corrected chi connectivity index (χ0v) is 10.6. The predicted octanol–water partition coefficient (Wildman–Crippen LogP) is 2.35. The van der Waals surface area contributed by atoms with Crippen LogP contribution in [-0.4, -0.2) is 17.2 Å². The maximum atomic E-state index is 11.6. The summed E-state index contributed by atoms with van der Waals surface area (Å²) in [5, 5.41) is 0.925.